The van der Waals surface area contributed by atoms with Gasteiger partial charge >= 0.3 is 6.18 Å². The van der Waals surface area contributed by atoms with Crippen molar-refractivity contribution in [2.24, 2.45) is 0 Å². The lowest BCUT2D eigenvalue weighted by molar-refractivity contribution is -0.136. The van der Waals surface area contributed by atoms with Crippen LogP contribution in [0.2, 0.25) is 0 Å². The van der Waals surface area contributed by atoms with E-state index in [1.165, 1.54) is 30.6 Å². The smallest absolute Gasteiger partial charge is 0.348 e. The van der Waals surface area contributed by atoms with E-state index in [1.54, 1.807) is 0 Å². The fraction of sp³-hybridized carbons (Fsp3) is 0.150. The molecule has 0 aliphatic rings. The molecule has 0 radical (unpaired) electrons. The quantitative estimate of drug-likeness (QED) is 0.679. The second kappa shape index (κ2) is 8.08. The van der Waals surface area contributed by atoms with Crippen molar-refractivity contribution in [3.63, 3.8) is 0 Å². The molecule has 3 aromatic rings. The van der Waals surface area contributed by atoms with Gasteiger partial charge in [-0.15, -0.1) is 0 Å². The molecule has 0 saturated carbocycles. The summed E-state index contributed by atoms with van der Waals surface area (Å²) in [6, 6.07) is 12.8. The van der Waals surface area contributed by atoms with Crippen LogP contribution in [0.3, 0.4) is 0 Å². The molecule has 0 atom stereocenters. The first-order chi connectivity index (χ1) is 13.3. The third-order valence-electron chi connectivity index (χ3n) is 3.93. The van der Waals surface area contributed by atoms with Gasteiger partial charge < -0.3 is 10.6 Å². The largest absolute Gasteiger partial charge is 0.418 e. The number of carbonyl (C=O) groups excluding carboxylic acids is 1. The molecule has 0 bridgehead atoms. The minimum absolute atomic E-state index is 0.0352. The van der Waals surface area contributed by atoms with Gasteiger partial charge in [0.25, 0.3) is 5.91 Å². The predicted molar refractivity (Wildman–Crippen MR) is 99.1 cm³/mol. The van der Waals surface area contributed by atoms with Crippen LogP contribution in [0, 0.1) is 6.92 Å². The highest BCUT2D eigenvalue weighted by Crippen LogP contribution is 2.35. The number of aryl methyl sites for hydroxylation is 1. The first-order valence-corrected chi connectivity index (χ1v) is 8.42. The zero-order valence-corrected chi connectivity index (χ0v) is 14.9. The summed E-state index contributed by atoms with van der Waals surface area (Å²) in [6.07, 6.45) is -1.98. The fourth-order valence-corrected chi connectivity index (χ4v) is 2.58. The summed E-state index contributed by atoms with van der Waals surface area (Å²) in [5, 5.41) is 5.29. The second-order valence-corrected chi connectivity index (χ2v) is 6.14. The lowest BCUT2D eigenvalue weighted by atomic mass is 10.1. The van der Waals surface area contributed by atoms with Crippen molar-refractivity contribution in [3.8, 4) is 0 Å². The number of aromatic nitrogens is 2. The lowest BCUT2D eigenvalue weighted by Crippen LogP contribution is -2.23. The van der Waals surface area contributed by atoms with E-state index >= 15 is 0 Å². The van der Waals surface area contributed by atoms with Crippen molar-refractivity contribution in [2.45, 2.75) is 19.6 Å². The van der Waals surface area contributed by atoms with E-state index in [0.29, 0.717) is 6.54 Å². The molecule has 144 valence electrons. The molecular formula is C20H17F3N4O. The second-order valence-electron chi connectivity index (χ2n) is 6.14. The molecule has 2 aromatic carbocycles. The van der Waals surface area contributed by atoms with Gasteiger partial charge in [-0.3, -0.25) is 4.79 Å². The molecule has 0 spiro atoms. The Balaban J connectivity index is 1.66. The molecule has 0 fully saturated rings. The van der Waals surface area contributed by atoms with Crippen molar-refractivity contribution < 1.29 is 18.0 Å². The van der Waals surface area contributed by atoms with Gasteiger partial charge in [-0.25, -0.2) is 9.97 Å². The summed E-state index contributed by atoms with van der Waals surface area (Å²) in [5.74, 6) is -0.407. The predicted octanol–water partition coefficient (Wildman–Crippen LogP) is 4.48. The van der Waals surface area contributed by atoms with Crippen molar-refractivity contribution in [1.29, 1.82) is 0 Å². The minimum Gasteiger partial charge on any atom is -0.348 e. The number of hydrogen-bond acceptors (Lipinski definition) is 4. The van der Waals surface area contributed by atoms with Crippen molar-refractivity contribution in [3.05, 3.63) is 83.2 Å². The first-order valence-electron chi connectivity index (χ1n) is 8.42. The van der Waals surface area contributed by atoms with Crippen LogP contribution in [0.1, 0.15) is 27.0 Å². The number of anilines is 2. The topological polar surface area (TPSA) is 66.9 Å². The average Bonchev–Trinajstić information content (AvgIpc) is 2.66. The van der Waals surface area contributed by atoms with Crippen LogP contribution < -0.4 is 10.6 Å². The van der Waals surface area contributed by atoms with E-state index in [4.69, 9.17) is 0 Å². The lowest BCUT2D eigenvalue weighted by Gasteiger charge is -2.13. The molecule has 8 heteroatoms. The van der Waals surface area contributed by atoms with Gasteiger partial charge in [0, 0.05) is 18.9 Å². The van der Waals surface area contributed by atoms with Gasteiger partial charge in [0.2, 0.25) is 5.95 Å². The van der Waals surface area contributed by atoms with Crippen LogP contribution in [0.15, 0.2) is 60.9 Å². The first kappa shape index (κ1) is 19.3. The normalized spacial score (nSPS) is 11.1. The van der Waals surface area contributed by atoms with E-state index in [9.17, 15) is 18.0 Å². The highest BCUT2D eigenvalue weighted by molar-refractivity contribution is 5.93. The van der Waals surface area contributed by atoms with Crippen molar-refractivity contribution >= 4 is 17.5 Å². The van der Waals surface area contributed by atoms with Gasteiger partial charge in [0.05, 0.1) is 16.8 Å². The van der Waals surface area contributed by atoms with Crippen LogP contribution in [-0.2, 0) is 12.7 Å². The zero-order valence-electron chi connectivity index (χ0n) is 14.9. The Kier molecular flexibility index (Phi) is 5.58. The van der Waals surface area contributed by atoms with E-state index in [1.807, 2.05) is 31.2 Å². The molecule has 0 unspecified atom stereocenters. The summed E-state index contributed by atoms with van der Waals surface area (Å²) in [4.78, 5) is 20.1. The minimum atomic E-state index is -4.50. The van der Waals surface area contributed by atoms with Crippen molar-refractivity contribution in [2.75, 3.05) is 5.32 Å². The van der Waals surface area contributed by atoms with Gasteiger partial charge in [0.1, 0.15) is 0 Å². The average molecular weight is 386 g/mol. The molecule has 3 rings (SSSR count). The molecular weight excluding hydrogens is 369 g/mol. The number of amides is 1. The monoisotopic (exact) mass is 386 g/mol. The van der Waals surface area contributed by atoms with Crippen LogP contribution in [-0.4, -0.2) is 15.9 Å². The SMILES string of the molecule is Cc1cccc(CNC(=O)c2cnc(Nc3ccccc3C(F)(F)F)nc2)c1. The van der Waals surface area contributed by atoms with E-state index in [0.717, 1.165) is 17.2 Å². The van der Waals surface area contributed by atoms with E-state index in [-0.39, 0.29) is 23.1 Å². The third kappa shape index (κ3) is 4.85. The number of halogens is 3. The Morgan fingerprint density at radius 1 is 1.04 bits per heavy atom. The van der Waals surface area contributed by atoms with E-state index < -0.39 is 11.7 Å². The molecule has 0 aliphatic heterocycles. The highest BCUT2D eigenvalue weighted by atomic mass is 19.4. The summed E-state index contributed by atoms with van der Waals surface area (Å²) >= 11 is 0. The van der Waals surface area contributed by atoms with Gasteiger partial charge in [-0.2, -0.15) is 13.2 Å². The van der Waals surface area contributed by atoms with Crippen LogP contribution >= 0.6 is 0 Å². The third-order valence-corrected chi connectivity index (χ3v) is 3.93. The Hall–Kier alpha value is -3.42. The Labute approximate surface area is 159 Å². The number of hydrogen-bond donors (Lipinski definition) is 2. The fourth-order valence-electron chi connectivity index (χ4n) is 2.58. The number of benzene rings is 2. The Bertz CT molecular complexity index is 972. The summed E-state index contributed by atoms with van der Waals surface area (Å²) in [5.41, 5.74) is 1.27. The molecule has 28 heavy (non-hydrogen) atoms. The number of carbonyl (C=O) groups is 1. The standard InChI is InChI=1S/C20H17F3N4O/c1-13-5-4-6-14(9-13)10-24-18(28)15-11-25-19(26-12-15)27-17-8-3-2-7-16(17)20(21,22)23/h2-9,11-12H,10H2,1H3,(H,24,28)(H,25,26,27). The summed E-state index contributed by atoms with van der Waals surface area (Å²) in [7, 11) is 0. The molecule has 2 N–H and O–H groups in total. The number of nitrogens with zero attached hydrogens (tertiary/aromatic N) is 2. The Morgan fingerprint density at radius 2 is 1.75 bits per heavy atom. The molecule has 0 aliphatic carbocycles. The molecule has 1 amide bonds. The van der Waals surface area contributed by atoms with Crippen LogP contribution in [0.4, 0.5) is 24.8 Å². The van der Waals surface area contributed by atoms with Gasteiger partial charge in [0.15, 0.2) is 0 Å². The summed E-state index contributed by atoms with van der Waals surface area (Å²) in [6.45, 7) is 2.31. The maximum atomic E-state index is 13.0. The summed E-state index contributed by atoms with van der Waals surface area (Å²) < 4.78 is 39.1. The maximum absolute atomic E-state index is 13.0. The van der Waals surface area contributed by atoms with Crippen LogP contribution in [0.25, 0.3) is 0 Å². The Morgan fingerprint density at radius 3 is 2.43 bits per heavy atom. The van der Waals surface area contributed by atoms with Crippen LogP contribution in [0.5, 0.6) is 0 Å². The van der Waals surface area contributed by atoms with Crippen molar-refractivity contribution in [1.82, 2.24) is 15.3 Å². The number of alkyl halides is 3. The van der Waals surface area contributed by atoms with Gasteiger partial charge in [-0.1, -0.05) is 42.0 Å². The molecule has 5 nitrogen and oxygen atoms in total. The maximum Gasteiger partial charge on any atom is 0.418 e. The molecule has 1 aromatic heterocycles. The molecule has 1 heterocycles. The van der Waals surface area contributed by atoms with E-state index in [2.05, 4.69) is 20.6 Å². The molecule has 0 saturated heterocycles. The number of para-hydroxylation sites is 1. The highest BCUT2D eigenvalue weighted by Gasteiger charge is 2.33. The zero-order chi connectivity index (χ0) is 20.1. The van der Waals surface area contributed by atoms with Gasteiger partial charge in [-0.05, 0) is 24.6 Å². The number of rotatable bonds is 5. The number of nitrogens with one attached hydrogen (secondary N) is 2.